The Morgan fingerprint density at radius 1 is 1.25 bits per heavy atom. The maximum Gasteiger partial charge on any atom is 0.234 e. The summed E-state index contributed by atoms with van der Waals surface area (Å²) in [5.41, 5.74) is 0.770. The largest absolute Gasteiger partial charge is 0.323 e. The molecule has 0 spiro atoms. The van der Waals surface area contributed by atoms with Crippen LogP contribution in [0.25, 0.3) is 11.4 Å². The summed E-state index contributed by atoms with van der Waals surface area (Å²) in [6.45, 7) is 4.82. The summed E-state index contributed by atoms with van der Waals surface area (Å²) in [7, 11) is 0. The standard InChI is InChI=1S/C19H19F2N5OS/c1-12(2)10-26-18(13-4-3-7-22-9-13)24-25-19(26)28-11-17(27)23-16-6-5-14(20)8-15(16)21/h3-9,12H,10-11H2,1-2H3,(H,23,27). The molecule has 0 atom stereocenters. The molecule has 1 aromatic carbocycles. The first-order chi connectivity index (χ1) is 13.4. The van der Waals surface area contributed by atoms with E-state index in [0.717, 1.165) is 17.7 Å². The Morgan fingerprint density at radius 2 is 2.07 bits per heavy atom. The highest BCUT2D eigenvalue weighted by Crippen LogP contribution is 2.25. The van der Waals surface area contributed by atoms with Crippen molar-refractivity contribution in [1.29, 1.82) is 0 Å². The zero-order valence-corrected chi connectivity index (χ0v) is 16.2. The molecule has 0 aliphatic rings. The fourth-order valence-electron chi connectivity index (χ4n) is 2.54. The van der Waals surface area contributed by atoms with Crippen molar-refractivity contribution in [3.63, 3.8) is 0 Å². The second-order valence-electron chi connectivity index (χ2n) is 6.51. The topological polar surface area (TPSA) is 72.7 Å². The number of anilines is 1. The predicted octanol–water partition coefficient (Wildman–Crippen LogP) is 4.01. The summed E-state index contributed by atoms with van der Waals surface area (Å²) < 4.78 is 28.6. The Kier molecular flexibility index (Phi) is 6.35. The van der Waals surface area contributed by atoms with Gasteiger partial charge in [0, 0.05) is 30.6 Å². The first-order valence-corrected chi connectivity index (χ1v) is 9.64. The van der Waals surface area contributed by atoms with Crippen molar-refractivity contribution < 1.29 is 13.6 Å². The van der Waals surface area contributed by atoms with E-state index in [1.165, 1.54) is 17.8 Å². The Bertz CT molecular complexity index is 962. The minimum absolute atomic E-state index is 0.0140. The van der Waals surface area contributed by atoms with Crippen LogP contribution in [0.2, 0.25) is 0 Å². The van der Waals surface area contributed by atoms with E-state index in [2.05, 4.69) is 34.3 Å². The summed E-state index contributed by atoms with van der Waals surface area (Å²) in [6, 6.07) is 6.72. The number of aromatic nitrogens is 4. The van der Waals surface area contributed by atoms with E-state index in [1.54, 1.807) is 12.4 Å². The lowest BCUT2D eigenvalue weighted by atomic mass is 10.2. The average Bonchev–Trinajstić information content (AvgIpc) is 3.05. The smallest absolute Gasteiger partial charge is 0.234 e. The van der Waals surface area contributed by atoms with E-state index in [1.807, 2.05) is 16.7 Å². The van der Waals surface area contributed by atoms with E-state index in [0.29, 0.717) is 23.4 Å². The van der Waals surface area contributed by atoms with Gasteiger partial charge in [-0.15, -0.1) is 10.2 Å². The van der Waals surface area contributed by atoms with Crippen LogP contribution in [0.5, 0.6) is 0 Å². The summed E-state index contributed by atoms with van der Waals surface area (Å²) in [5, 5.41) is 11.5. The number of nitrogens with one attached hydrogen (secondary N) is 1. The Balaban J connectivity index is 1.73. The SMILES string of the molecule is CC(C)Cn1c(SCC(=O)Nc2ccc(F)cc2F)nnc1-c1cccnc1. The van der Waals surface area contributed by atoms with Crippen molar-refractivity contribution in [2.45, 2.75) is 25.5 Å². The highest BCUT2D eigenvalue weighted by Gasteiger charge is 2.17. The Hall–Kier alpha value is -2.81. The van der Waals surface area contributed by atoms with Gasteiger partial charge in [0.15, 0.2) is 11.0 Å². The number of hydrogen-bond donors (Lipinski definition) is 1. The van der Waals surface area contributed by atoms with Crippen molar-refractivity contribution in [3.8, 4) is 11.4 Å². The number of rotatable bonds is 7. The van der Waals surface area contributed by atoms with Crippen molar-refractivity contribution in [2.24, 2.45) is 5.92 Å². The molecule has 0 radical (unpaired) electrons. The fraction of sp³-hybridized carbons (Fsp3) is 0.263. The van der Waals surface area contributed by atoms with Crippen LogP contribution in [-0.2, 0) is 11.3 Å². The molecule has 146 valence electrons. The van der Waals surface area contributed by atoms with Gasteiger partial charge in [-0.3, -0.25) is 9.78 Å². The second-order valence-corrected chi connectivity index (χ2v) is 7.46. The molecule has 0 saturated carbocycles. The summed E-state index contributed by atoms with van der Waals surface area (Å²) in [6.07, 6.45) is 3.39. The number of benzene rings is 1. The monoisotopic (exact) mass is 403 g/mol. The van der Waals surface area contributed by atoms with Crippen LogP contribution >= 0.6 is 11.8 Å². The number of hydrogen-bond acceptors (Lipinski definition) is 5. The molecule has 1 N–H and O–H groups in total. The minimum Gasteiger partial charge on any atom is -0.323 e. The Morgan fingerprint density at radius 3 is 2.75 bits per heavy atom. The molecule has 0 saturated heterocycles. The number of amides is 1. The Labute approximate surface area is 165 Å². The van der Waals surface area contributed by atoms with Gasteiger partial charge in [-0.2, -0.15) is 0 Å². The average molecular weight is 403 g/mol. The lowest BCUT2D eigenvalue weighted by Gasteiger charge is -2.12. The van der Waals surface area contributed by atoms with E-state index >= 15 is 0 Å². The van der Waals surface area contributed by atoms with Crippen molar-refractivity contribution in [3.05, 3.63) is 54.4 Å². The van der Waals surface area contributed by atoms with Crippen LogP contribution in [0.3, 0.4) is 0 Å². The molecule has 9 heteroatoms. The quantitative estimate of drug-likeness (QED) is 0.604. The normalized spacial score (nSPS) is 11.0. The predicted molar refractivity (Wildman–Crippen MR) is 104 cm³/mol. The summed E-state index contributed by atoms with van der Waals surface area (Å²) in [4.78, 5) is 16.3. The molecule has 0 aliphatic heterocycles. The molecule has 1 amide bonds. The lowest BCUT2D eigenvalue weighted by molar-refractivity contribution is -0.113. The van der Waals surface area contributed by atoms with E-state index in [-0.39, 0.29) is 11.4 Å². The first-order valence-electron chi connectivity index (χ1n) is 8.65. The maximum atomic E-state index is 13.7. The molecule has 28 heavy (non-hydrogen) atoms. The number of carbonyl (C=O) groups is 1. The second kappa shape index (κ2) is 8.92. The van der Waals surface area contributed by atoms with Crippen LogP contribution in [0.4, 0.5) is 14.5 Å². The third-order valence-corrected chi connectivity index (χ3v) is 4.69. The number of pyridine rings is 1. The highest BCUT2D eigenvalue weighted by atomic mass is 32.2. The van der Waals surface area contributed by atoms with Crippen LogP contribution < -0.4 is 5.32 Å². The van der Waals surface area contributed by atoms with E-state index < -0.39 is 17.5 Å². The van der Waals surface area contributed by atoms with Gasteiger partial charge in [-0.25, -0.2) is 8.78 Å². The summed E-state index contributed by atoms with van der Waals surface area (Å²) >= 11 is 1.20. The van der Waals surface area contributed by atoms with Crippen molar-refractivity contribution in [2.75, 3.05) is 11.1 Å². The number of halogens is 2. The zero-order valence-electron chi connectivity index (χ0n) is 15.4. The number of thioether (sulfide) groups is 1. The van der Waals surface area contributed by atoms with Crippen LogP contribution in [0.15, 0.2) is 47.9 Å². The molecular formula is C19H19F2N5OS. The lowest BCUT2D eigenvalue weighted by Crippen LogP contribution is -2.16. The van der Waals surface area contributed by atoms with Crippen molar-refractivity contribution in [1.82, 2.24) is 19.7 Å². The number of nitrogens with zero attached hydrogens (tertiary/aromatic N) is 4. The van der Waals surface area contributed by atoms with Gasteiger partial charge in [0.1, 0.15) is 11.6 Å². The van der Waals surface area contributed by atoms with E-state index in [4.69, 9.17) is 0 Å². The third kappa shape index (κ3) is 4.92. The molecule has 0 aliphatic carbocycles. The minimum atomic E-state index is -0.819. The maximum absolute atomic E-state index is 13.7. The molecule has 0 bridgehead atoms. The van der Waals surface area contributed by atoms with E-state index in [9.17, 15) is 13.6 Å². The highest BCUT2D eigenvalue weighted by molar-refractivity contribution is 7.99. The van der Waals surface area contributed by atoms with Crippen LogP contribution in [-0.4, -0.2) is 31.4 Å². The summed E-state index contributed by atoms with van der Waals surface area (Å²) in [5.74, 6) is -0.908. The molecule has 6 nitrogen and oxygen atoms in total. The molecular weight excluding hydrogens is 384 g/mol. The zero-order chi connectivity index (χ0) is 20.1. The van der Waals surface area contributed by atoms with Crippen molar-refractivity contribution >= 4 is 23.4 Å². The molecule has 0 unspecified atom stereocenters. The van der Waals surface area contributed by atoms with Gasteiger partial charge in [-0.05, 0) is 30.2 Å². The molecule has 2 aromatic heterocycles. The molecule has 3 rings (SSSR count). The van der Waals surface area contributed by atoms with Gasteiger partial charge >= 0.3 is 0 Å². The number of carbonyl (C=O) groups excluding carboxylic acids is 1. The van der Waals surface area contributed by atoms with Crippen LogP contribution in [0.1, 0.15) is 13.8 Å². The molecule has 3 aromatic rings. The van der Waals surface area contributed by atoms with Gasteiger partial charge in [0.2, 0.25) is 5.91 Å². The van der Waals surface area contributed by atoms with Gasteiger partial charge < -0.3 is 9.88 Å². The fourth-order valence-corrected chi connectivity index (χ4v) is 3.29. The molecule has 2 heterocycles. The molecule has 0 fully saturated rings. The van der Waals surface area contributed by atoms with Crippen LogP contribution in [0, 0.1) is 17.6 Å². The van der Waals surface area contributed by atoms with Gasteiger partial charge in [-0.1, -0.05) is 25.6 Å². The first kappa shape index (κ1) is 19.9. The third-order valence-electron chi connectivity index (χ3n) is 3.72. The van der Waals surface area contributed by atoms with Gasteiger partial charge in [0.25, 0.3) is 0 Å². The van der Waals surface area contributed by atoms with Gasteiger partial charge in [0.05, 0.1) is 11.4 Å².